The molecule has 0 aromatic carbocycles. The Hall–Kier alpha value is -1.55. The van der Waals surface area contributed by atoms with Gasteiger partial charge in [-0.05, 0) is 71.1 Å². The molecule has 4 rings (SSSR count). The Balaban J connectivity index is 1.44. The number of hydrogen-bond donors (Lipinski definition) is 0. The Morgan fingerprint density at radius 2 is 1.77 bits per heavy atom. The zero-order chi connectivity index (χ0) is 25.6. The van der Waals surface area contributed by atoms with Gasteiger partial charge in [-0.3, -0.25) is 4.79 Å². The quantitative estimate of drug-likeness (QED) is 0.556. The molecular formula is C25H39F3N2O5. The summed E-state index contributed by atoms with van der Waals surface area (Å²) in [5, 5.41) is 0. The summed E-state index contributed by atoms with van der Waals surface area (Å²) in [6.07, 6.45) is -2.69. The zero-order valence-electron chi connectivity index (χ0n) is 21.2. The lowest BCUT2D eigenvalue weighted by Crippen LogP contribution is -2.55. The summed E-state index contributed by atoms with van der Waals surface area (Å²) < 4.78 is 57.7. The lowest BCUT2D eigenvalue weighted by molar-refractivity contribution is -0.175. The van der Waals surface area contributed by atoms with E-state index in [1.807, 2.05) is 0 Å². The summed E-state index contributed by atoms with van der Waals surface area (Å²) in [5.41, 5.74) is -2.05. The van der Waals surface area contributed by atoms with Crippen molar-refractivity contribution in [3.8, 4) is 0 Å². The standard InChI is InChI=1S/C25H39F3N2O5/c1-23(2,3)35-22(32)30-13-18-10-19(30)12-29(18)21(31)24(15-25(26,27)28)7-5-16(11-24)9-17-6-8-34-14-20(17)33-4/h16-20H,5-15H2,1-4H3/t16-,17+,18+,19+,20+,24-/m0/s1. The molecule has 0 unspecified atom stereocenters. The van der Waals surface area contributed by atoms with Crippen LogP contribution >= 0.6 is 0 Å². The number of likely N-dealkylation sites (tertiary alicyclic amines) is 2. The zero-order valence-corrected chi connectivity index (χ0v) is 21.2. The molecule has 6 atom stereocenters. The number of rotatable bonds is 5. The molecule has 3 heterocycles. The van der Waals surface area contributed by atoms with E-state index in [2.05, 4.69) is 0 Å². The summed E-state index contributed by atoms with van der Waals surface area (Å²) >= 11 is 0. The van der Waals surface area contributed by atoms with Gasteiger partial charge in [-0.2, -0.15) is 13.2 Å². The number of carbonyl (C=O) groups excluding carboxylic acids is 2. The monoisotopic (exact) mass is 504 g/mol. The Labute approximate surface area is 205 Å². The van der Waals surface area contributed by atoms with Crippen LogP contribution in [0.1, 0.15) is 65.7 Å². The molecule has 2 amide bonds. The van der Waals surface area contributed by atoms with Gasteiger partial charge in [0.2, 0.25) is 5.91 Å². The molecule has 7 nitrogen and oxygen atoms in total. The first-order chi connectivity index (χ1) is 16.3. The third kappa shape index (κ3) is 5.89. The number of amides is 2. The van der Waals surface area contributed by atoms with Gasteiger partial charge in [-0.15, -0.1) is 0 Å². The first-order valence-corrected chi connectivity index (χ1v) is 12.8. The van der Waals surface area contributed by atoms with E-state index in [-0.39, 0.29) is 55.3 Å². The fourth-order valence-corrected chi connectivity index (χ4v) is 6.73. The number of ether oxygens (including phenoxy) is 3. The van der Waals surface area contributed by atoms with Crippen molar-refractivity contribution in [3.63, 3.8) is 0 Å². The molecule has 0 spiro atoms. The van der Waals surface area contributed by atoms with E-state index < -0.39 is 29.7 Å². The fourth-order valence-electron chi connectivity index (χ4n) is 6.73. The predicted octanol–water partition coefficient (Wildman–Crippen LogP) is 4.39. The number of piperazine rings is 1. The van der Waals surface area contributed by atoms with Crippen LogP contribution in [0.5, 0.6) is 0 Å². The molecule has 2 bridgehead atoms. The summed E-state index contributed by atoms with van der Waals surface area (Å²) in [6, 6.07) is -0.457. The SMILES string of the molecule is CO[C@@H]1COCC[C@@H]1C[C@@H]1CC[C@](CC(F)(F)F)(C(=O)N2C[C@H]3C[C@@H]2CN3C(=O)OC(C)(C)C)C1. The largest absolute Gasteiger partial charge is 0.444 e. The van der Waals surface area contributed by atoms with E-state index >= 15 is 0 Å². The average molecular weight is 505 g/mol. The molecule has 0 aromatic rings. The molecule has 10 heteroatoms. The number of carbonyl (C=O) groups is 2. The fraction of sp³-hybridized carbons (Fsp3) is 0.920. The number of halogens is 3. The Morgan fingerprint density at radius 3 is 2.37 bits per heavy atom. The Morgan fingerprint density at radius 1 is 1.09 bits per heavy atom. The normalized spacial score (nSPS) is 35.6. The maximum absolute atomic E-state index is 13.7. The van der Waals surface area contributed by atoms with Gasteiger partial charge in [0.1, 0.15) is 5.60 Å². The van der Waals surface area contributed by atoms with Crippen molar-refractivity contribution in [2.24, 2.45) is 17.3 Å². The van der Waals surface area contributed by atoms with Crippen LogP contribution in [0.4, 0.5) is 18.0 Å². The van der Waals surface area contributed by atoms with Crippen molar-refractivity contribution in [1.82, 2.24) is 9.80 Å². The lowest BCUT2D eigenvalue weighted by atomic mass is 9.78. The molecule has 4 aliphatic rings. The van der Waals surface area contributed by atoms with Gasteiger partial charge < -0.3 is 24.0 Å². The predicted molar refractivity (Wildman–Crippen MR) is 122 cm³/mol. The van der Waals surface area contributed by atoms with Crippen molar-refractivity contribution >= 4 is 12.0 Å². The highest BCUT2D eigenvalue weighted by molar-refractivity contribution is 5.84. The number of methoxy groups -OCH3 is 1. The third-order valence-electron chi connectivity index (χ3n) is 8.21. The molecule has 0 radical (unpaired) electrons. The van der Waals surface area contributed by atoms with Gasteiger partial charge in [0.15, 0.2) is 0 Å². The highest BCUT2D eigenvalue weighted by Gasteiger charge is 2.57. The van der Waals surface area contributed by atoms with Crippen LogP contribution in [-0.2, 0) is 19.0 Å². The van der Waals surface area contributed by atoms with Crippen molar-refractivity contribution in [3.05, 3.63) is 0 Å². The summed E-state index contributed by atoms with van der Waals surface area (Å²) in [4.78, 5) is 29.6. The van der Waals surface area contributed by atoms with Crippen LogP contribution in [0.25, 0.3) is 0 Å². The second kappa shape index (κ2) is 9.72. The highest BCUT2D eigenvalue weighted by atomic mass is 19.4. The second-order valence-corrected chi connectivity index (χ2v) is 11.9. The van der Waals surface area contributed by atoms with Gasteiger partial charge >= 0.3 is 12.3 Å². The summed E-state index contributed by atoms with van der Waals surface area (Å²) in [7, 11) is 1.64. The van der Waals surface area contributed by atoms with Crippen LogP contribution in [0.2, 0.25) is 0 Å². The molecule has 3 aliphatic heterocycles. The average Bonchev–Trinajstić information content (AvgIpc) is 3.46. The maximum Gasteiger partial charge on any atom is 0.410 e. The molecule has 4 fully saturated rings. The van der Waals surface area contributed by atoms with Crippen LogP contribution < -0.4 is 0 Å². The minimum Gasteiger partial charge on any atom is -0.444 e. The molecule has 35 heavy (non-hydrogen) atoms. The Kier molecular flexibility index (Phi) is 7.37. The first-order valence-electron chi connectivity index (χ1n) is 12.8. The number of alkyl halides is 3. The van der Waals surface area contributed by atoms with E-state index in [1.165, 1.54) is 0 Å². The van der Waals surface area contributed by atoms with Gasteiger partial charge in [-0.1, -0.05) is 0 Å². The smallest absolute Gasteiger partial charge is 0.410 e. The van der Waals surface area contributed by atoms with E-state index in [0.29, 0.717) is 32.6 Å². The molecule has 1 saturated carbocycles. The molecule has 0 aromatic heterocycles. The lowest BCUT2D eigenvalue weighted by Gasteiger charge is -2.40. The number of nitrogens with zero attached hydrogens (tertiary/aromatic N) is 2. The molecular weight excluding hydrogens is 465 g/mol. The van der Waals surface area contributed by atoms with Gasteiger partial charge in [0.05, 0.1) is 36.6 Å². The second-order valence-electron chi connectivity index (χ2n) is 11.9. The van der Waals surface area contributed by atoms with Gasteiger partial charge in [-0.25, -0.2) is 4.79 Å². The number of fused-ring (bicyclic) bond motifs is 2. The van der Waals surface area contributed by atoms with Crippen molar-refractivity contribution < 1.29 is 37.0 Å². The van der Waals surface area contributed by atoms with Crippen LogP contribution in [0, 0.1) is 17.3 Å². The molecule has 200 valence electrons. The minimum absolute atomic E-state index is 0.0507. The van der Waals surface area contributed by atoms with E-state index in [4.69, 9.17) is 14.2 Å². The van der Waals surface area contributed by atoms with E-state index in [0.717, 1.165) is 12.8 Å². The molecule has 1 aliphatic carbocycles. The van der Waals surface area contributed by atoms with E-state index in [1.54, 1.807) is 37.7 Å². The first kappa shape index (κ1) is 26.5. The summed E-state index contributed by atoms with van der Waals surface area (Å²) in [6.45, 7) is 7.11. The van der Waals surface area contributed by atoms with Crippen molar-refractivity contribution in [2.45, 2.75) is 95.7 Å². The van der Waals surface area contributed by atoms with Crippen LogP contribution in [0.15, 0.2) is 0 Å². The van der Waals surface area contributed by atoms with Gasteiger partial charge in [0.25, 0.3) is 0 Å². The molecule has 3 saturated heterocycles. The topological polar surface area (TPSA) is 68.3 Å². The minimum atomic E-state index is -4.42. The van der Waals surface area contributed by atoms with E-state index in [9.17, 15) is 22.8 Å². The van der Waals surface area contributed by atoms with Crippen LogP contribution in [-0.4, -0.2) is 85.2 Å². The van der Waals surface area contributed by atoms with Crippen LogP contribution in [0.3, 0.4) is 0 Å². The Bertz CT molecular complexity index is 801. The highest BCUT2D eigenvalue weighted by Crippen LogP contribution is 2.53. The third-order valence-corrected chi connectivity index (χ3v) is 8.21. The number of hydrogen-bond acceptors (Lipinski definition) is 5. The van der Waals surface area contributed by atoms with Crippen molar-refractivity contribution in [1.29, 1.82) is 0 Å². The molecule has 0 N–H and O–H groups in total. The van der Waals surface area contributed by atoms with Gasteiger partial charge in [0, 0.05) is 26.8 Å². The summed E-state index contributed by atoms with van der Waals surface area (Å²) in [5.74, 6) is -0.0928. The maximum atomic E-state index is 13.7. The van der Waals surface area contributed by atoms with Crippen molar-refractivity contribution in [2.75, 3.05) is 33.4 Å².